The molecule has 146 valence electrons. The van der Waals surface area contributed by atoms with Crippen LogP contribution in [0.1, 0.15) is 18.4 Å². The lowest BCUT2D eigenvalue weighted by Crippen LogP contribution is -2.20. The average molecular weight is 381 g/mol. The molecule has 1 heterocycles. The number of anilines is 2. The summed E-state index contributed by atoms with van der Waals surface area (Å²) in [6.45, 7) is 3.14. The normalized spacial score (nSPS) is 14.8. The summed E-state index contributed by atoms with van der Waals surface area (Å²) in [5, 5.41) is 3.54. The third-order valence-corrected chi connectivity index (χ3v) is 5.45. The lowest BCUT2D eigenvalue weighted by atomic mass is 10.0. The number of hydrogen-bond acceptors (Lipinski definition) is 2. The Balaban J connectivity index is 0.000000145. The number of allylic oxidation sites excluding steroid dienone is 2. The van der Waals surface area contributed by atoms with Crippen molar-refractivity contribution in [2.75, 3.05) is 23.8 Å². The molecule has 0 amide bonds. The van der Waals surface area contributed by atoms with Gasteiger partial charge in [-0.15, -0.1) is 0 Å². The van der Waals surface area contributed by atoms with Gasteiger partial charge in [-0.3, -0.25) is 0 Å². The van der Waals surface area contributed by atoms with Crippen molar-refractivity contribution in [1.82, 2.24) is 0 Å². The van der Waals surface area contributed by atoms with Gasteiger partial charge in [-0.1, -0.05) is 78.4 Å². The molecule has 3 aromatic rings. The number of hydrogen-bond donors (Lipinski definition) is 1. The lowest BCUT2D eigenvalue weighted by Gasteiger charge is -2.20. The first-order valence-corrected chi connectivity index (χ1v) is 10.3. The molecule has 29 heavy (non-hydrogen) atoms. The number of para-hydroxylation sites is 2. The standard InChI is InChI=1S/C14H16N2.C13H12/c1-16-10-11-6-2-3-7-12(11)15-13-8-4-5-9-14(13)16;1-11-7-9-13(10-8-11)12-5-3-2-4-6-12/h3-5,7-9,15H,2,6,10H2,1H3;2-10H,1H3. The molecule has 0 spiro atoms. The van der Waals surface area contributed by atoms with Crippen molar-refractivity contribution in [3.05, 3.63) is 108 Å². The average Bonchev–Trinajstić information content (AvgIpc) is 2.91. The van der Waals surface area contributed by atoms with E-state index in [4.69, 9.17) is 0 Å². The monoisotopic (exact) mass is 380 g/mol. The molecule has 5 rings (SSSR count). The van der Waals surface area contributed by atoms with Gasteiger partial charge in [-0.05, 0) is 54.7 Å². The molecule has 0 aromatic heterocycles. The van der Waals surface area contributed by atoms with Crippen LogP contribution < -0.4 is 10.2 Å². The molecule has 0 fully saturated rings. The lowest BCUT2D eigenvalue weighted by molar-refractivity contribution is 0.869. The van der Waals surface area contributed by atoms with Gasteiger partial charge < -0.3 is 10.2 Å². The van der Waals surface area contributed by atoms with Crippen molar-refractivity contribution >= 4 is 11.4 Å². The first kappa shape index (κ1) is 19.1. The SMILES string of the molecule is CN1CC2=C(C=CCC2)Nc2ccccc21.Cc1ccc(-c2ccccc2)cc1. The van der Waals surface area contributed by atoms with Gasteiger partial charge in [0, 0.05) is 19.3 Å². The van der Waals surface area contributed by atoms with Crippen molar-refractivity contribution in [2.24, 2.45) is 0 Å². The summed E-state index contributed by atoms with van der Waals surface area (Å²) in [5.74, 6) is 0. The molecule has 1 N–H and O–H groups in total. The second-order valence-corrected chi connectivity index (χ2v) is 7.69. The summed E-state index contributed by atoms with van der Waals surface area (Å²) < 4.78 is 0. The van der Waals surface area contributed by atoms with E-state index in [1.54, 1.807) is 0 Å². The van der Waals surface area contributed by atoms with Crippen molar-refractivity contribution in [1.29, 1.82) is 0 Å². The van der Waals surface area contributed by atoms with E-state index in [-0.39, 0.29) is 0 Å². The number of benzene rings is 3. The highest BCUT2D eigenvalue weighted by atomic mass is 15.1. The fourth-order valence-electron chi connectivity index (χ4n) is 3.81. The van der Waals surface area contributed by atoms with E-state index in [0.29, 0.717) is 0 Å². The summed E-state index contributed by atoms with van der Waals surface area (Å²) in [6.07, 6.45) is 6.82. The molecule has 0 saturated heterocycles. The molecular weight excluding hydrogens is 352 g/mol. The van der Waals surface area contributed by atoms with Gasteiger partial charge in [-0.2, -0.15) is 0 Å². The zero-order valence-corrected chi connectivity index (χ0v) is 17.2. The Bertz CT molecular complexity index is 1010. The number of nitrogens with one attached hydrogen (secondary N) is 1. The number of likely N-dealkylation sites (N-methyl/N-ethyl adjacent to an activating group) is 1. The number of aryl methyl sites for hydroxylation is 1. The van der Waals surface area contributed by atoms with E-state index >= 15 is 0 Å². The summed E-state index contributed by atoms with van der Waals surface area (Å²) >= 11 is 0. The maximum Gasteiger partial charge on any atom is 0.0622 e. The minimum atomic E-state index is 1.03. The minimum Gasteiger partial charge on any atom is -0.369 e. The molecule has 1 aliphatic heterocycles. The van der Waals surface area contributed by atoms with Crippen LogP contribution in [0.25, 0.3) is 11.1 Å². The van der Waals surface area contributed by atoms with Gasteiger partial charge in [0.25, 0.3) is 0 Å². The number of rotatable bonds is 1. The van der Waals surface area contributed by atoms with Crippen molar-refractivity contribution < 1.29 is 0 Å². The molecule has 0 radical (unpaired) electrons. The van der Waals surface area contributed by atoms with E-state index < -0.39 is 0 Å². The molecule has 1 aliphatic carbocycles. The maximum absolute atomic E-state index is 3.54. The second kappa shape index (κ2) is 8.83. The third kappa shape index (κ3) is 4.60. The van der Waals surface area contributed by atoms with E-state index in [2.05, 4.69) is 109 Å². The first-order chi connectivity index (χ1) is 14.2. The van der Waals surface area contributed by atoms with Gasteiger partial charge in [0.2, 0.25) is 0 Å². The van der Waals surface area contributed by atoms with Crippen LogP contribution >= 0.6 is 0 Å². The molecule has 0 atom stereocenters. The van der Waals surface area contributed by atoms with Crippen LogP contribution in [0.3, 0.4) is 0 Å². The molecular formula is C27H28N2. The first-order valence-electron chi connectivity index (χ1n) is 10.3. The summed E-state index contributed by atoms with van der Waals surface area (Å²) in [7, 11) is 2.16. The number of fused-ring (bicyclic) bond motifs is 1. The summed E-state index contributed by atoms with van der Waals surface area (Å²) in [6, 6.07) is 27.5. The quantitative estimate of drug-likeness (QED) is 0.498. The Morgan fingerprint density at radius 1 is 0.793 bits per heavy atom. The van der Waals surface area contributed by atoms with E-state index in [1.165, 1.54) is 52.2 Å². The van der Waals surface area contributed by atoms with Gasteiger partial charge in [0.1, 0.15) is 0 Å². The summed E-state index contributed by atoms with van der Waals surface area (Å²) in [5.41, 5.74) is 9.17. The molecule has 0 bridgehead atoms. The Labute approximate surface area is 174 Å². The smallest absolute Gasteiger partial charge is 0.0622 e. The molecule has 2 aliphatic rings. The molecule has 2 nitrogen and oxygen atoms in total. The Kier molecular flexibility index (Phi) is 5.81. The van der Waals surface area contributed by atoms with Gasteiger partial charge in [0.15, 0.2) is 0 Å². The molecule has 0 unspecified atom stereocenters. The van der Waals surface area contributed by atoms with Crippen LogP contribution in [-0.2, 0) is 0 Å². The predicted octanol–water partition coefficient (Wildman–Crippen LogP) is 6.81. The minimum absolute atomic E-state index is 1.03. The van der Waals surface area contributed by atoms with Gasteiger partial charge in [-0.25, -0.2) is 0 Å². The molecule has 2 heteroatoms. The van der Waals surface area contributed by atoms with Gasteiger partial charge in [0.05, 0.1) is 11.4 Å². The van der Waals surface area contributed by atoms with E-state index in [9.17, 15) is 0 Å². The van der Waals surface area contributed by atoms with Crippen LogP contribution in [0.5, 0.6) is 0 Å². The Hall–Kier alpha value is -3.26. The maximum atomic E-state index is 3.54. The van der Waals surface area contributed by atoms with Crippen molar-refractivity contribution in [3.8, 4) is 11.1 Å². The Morgan fingerprint density at radius 2 is 1.48 bits per heavy atom. The van der Waals surface area contributed by atoms with Crippen molar-refractivity contribution in [3.63, 3.8) is 0 Å². The summed E-state index contributed by atoms with van der Waals surface area (Å²) in [4.78, 5) is 2.32. The highest BCUT2D eigenvalue weighted by Crippen LogP contribution is 2.33. The Morgan fingerprint density at radius 3 is 2.28 bits per heavy atom. The van der Waals surface area contributed by atoms with Crippen LogP contribution in [0.2, 0.25) is 0 Å². The van der Waals surface area contributed by atoms with E-state index in [0.717, 1.165) is 6.54 Å². The zero-order chi connectivity index (χ0) is 20.1. The molecule has 3 aromatic carbocycles. The van der Waals surface area contributed by atoms with Gasteiger partial charge >= 0.3 is 0 Å². The van der Waals surface area contributed by atoms with Crippen LogP contribution in [0.15, 0.2) is 102 Å². The third-order valence-electron chi connectivity index (χ3n) is 5.45. The highest BCUT2D eigenvalue weighted by Gasteiger charge is 2.17. The highest BCUT2D eigenvalue weighted by molar-refractivity contribution is 5.74. The van der Waals surface area contributed by atoms with E-state index in [1.807, 2.05) is 6.07 Å². The zero-order valence-electron chi connectivity index (χ0n) is 17.2. The number of nitrogens with zero attached hydrogens (tertiary/aromatic N) is 1. The second-order valence-electron chi connectivity index (χ2n) is 7.69. The van der Waals surface area contributed by atoms with Crippen LogP contribution in [0.4, 0.5) is 11.4 Å². The largest absolute Gasteiger partial charge is 0.369 e. The van der Waals surface area contributed by atoms with Crippen LogP contribution in [0, 0.1) is 6.92 Å². The van der Waals surface area contributed by atoms with Crippen molar-refractivity contribution in [2.45, 2.75) is 19.8 Å². The fourth-order valence-corrected chi connectivity index (χ4v) is 3.81. The predicted molar refractivity (Wildman–Crippen MR) is 125 cm³/mol. The topological polar surface area (TPSA) is 15.3 Å². The molecule has 0 saturated carbocycles. The fraction of sp³-hybridized carbons (Fsp3) is 0.185. The van der Waals surface area contributed by atoms with Crippen LogP contribution in [-0.4, -0.2) is 13.6 Å².